The molecule has 0 spiro atoms. The Morgan fingerprint density at radius 2 is 2.00 bits per heavy atom. The summed E-state index contributed by atoms with van der Waals surface area (Å²) < 4.78 is 5.40. The number of rotatable bonds is 3. The number of aromatic nitrogens is 2. The van der Waals surface area contributed by atoms with Crippen LogP contribution in [-0.2, 0) is 6.42 Å². The van der Waals surface area contributed by atoms with Gasteiger partial charge in [0.05, 0.1) is 10.0 Å². The fraction of sp³-hybridized carbons (Fsp3) is 0.200. The van der Waals surface area contributed by atoms with Gasteiger partial charge in [0.1, 0.15) is 0 Å². The van der Waals surface area contributed by atoms with Gasteiger partial charge in [0.2, 0.25) is 11.8 Å². The van der Waals surface area contributed by atoms with E-state index in [1.54, 1.807) is 18.2 Å². The predicted molar refractivity (Wildman–Crippen MR) is 62.5 cm³/mol. The monoisotopic (exact) mass is 257 g/mol. The van der Waals surface area contributed by atoms with Crippen molar-refractivity contribution in [2.75, 3.05) is 6.54 Å². The molecule has 0 atom stereocenters. The van der Waals surface area contributed by atoms with Gasteiger partial charge in [-0.2, -0.15) is 0 Å². The van der Waals surface area contributed by atoms with E-state index in [2.05, 4.69) is 10.2 Å². The van der Waals surface area contributed by atoms with Crippen LogP contribution in [0.1, 0.15) is 5.89 Å². The molecule has 0 bridgehead atoms. The van der Waals surface area contributed by atoms with Gasteiger partial charge in [-0.25, -0.2) is 0 Å². The minimum atomic E-state index is 0.419. The SMILES string of the molecule is NCCc1nnc(-c2ccc(Cl)c(Cl)c2)o1. The Morgan fingerprint density at radius 1 is 1.19 bits per heavy atom. The fourth-order valence-corrected chi connectivity index (χ4v) is 1.52. The van der Waals surface area contributed by atoms with Crippen molar-refractivity contribution < 1.29 is 4.42 Å². The lowest BCUT2D eigenvalue weighted by molar-refractivity contribution is 0.507. The summed E-state index contributed by atoms with van der Waals surface area (Å²) in [6.07, 6.45) is 0.564. The van der Waals surface area contributed by atoms with Crippen molar-refractivity contribution in [1.29, 1.82) is 0 Å². The molecule has 1 heterocycles. The lowest BCUT2D eigenvalue weighted by Gasteiger charge is -1.97. The van der Waals surface area contributed by atoms with Crippen molar-refractivity contribution in [2.24, 2.45) is 5.73 Å². The Morgan fingerprint density at radius 3 is 2.69 bits per heavy atom. The Kier molecular flexibility index (Phi) is 3.43. The van der Waals surface area contributed by atoms with Crippen LogP contribution in [0.25, 0.3) is 11.5 Å². The van der Waals surface area contributed by atoms with Crippen LogP contribution >= 0.6 is 23.2 Å². The van der Waals surface area contributed by atoms with Gasteiger partial charge < -0.3 is 10.2 Å². The van der Waals surface area contributed by atoms with E-state index in [0.29, 0.717) is 34.8 Å². The van der Waals surface area contributed by atoms with Crippen molar-refractivity contribution >= 4 is 23.2 Å². The second-order valence-electron chi connectivity index (χ2n) is 3.17. The maximum absolute atomic E-state index is 5.89. The molecular weight excluding hydrogens is 249 g/mol. The molecule has 0 saturated carbocycles. The number of hydrogen-bond acceptors (Lipinski definition) is 4. The van der Waals surface area contributed by atoms with Crippen LogP contribution in [-0.4, -0.2) is 16.7 Å². The van der Waals surface area contributed by atoms with E-state index in [1.165, 1.54) is 0 Å². The summed E-state index contributed by atoms with van der Waals surface area (Å²) >= 11 is 11.7. The summed E-state index contributed by atoms with van der Waals surface area (Å²) in [5, 5.41) is 8.71. The Balaban J connectivity index is 2.31. The van der Waals surface area contributed by atoms with Crippen LogP contribution < -0.4 is 5.73 Å². The number of halogens is 2. The van der Waals surface area contributed by atoms with Crippen molar-refractivity contribution in [2.45, 2.75) is 6.42 Å². The molecule has 16 heavy (non-hydrogen) atoms. The van der Waals surface area contributed by atoms with Crippen LogP contribution in [0.5, 0.6) is 0 Å². The molecule has 2 aromatic rings. The first kappa shape index (κ1) is 11.4. The molecule has 2 N–H and O–H groups in total. The van der Waals surface area contributed by atoms with Gasteiger partial charge in [0, 0.05) is 18.5 Å². The zero-order valence-electron chi connectivity index (χ0n) is 8.28. The van der Waals surface area contributed by atoms with Gasteiger partial charge in [-0.05, 0) is 18.2 Å². The van der Waals surface area contributed by atoms with E-state index >= 15 is 0 Å². The van der Waals surface area contributed by atoms with Crippen LogP contribution in [0.2, 0.25) is 10.0 Å². The highest BCUT2D eigenvalue weighted by Crippen LogP contribution is 2.27. The standard InChI is InChI=1S/C10H9Cl2N3O/c11-7-2-1-6(5-8(7)12)10-15-14-9(16-10)3-4-13/h1-2,5H,3-4,13H2. The lowest BCUT2D eigenvalue weighted by atomic mass is 10.2. The number of benzene rings is 1. The molecule has 1 aromatic heterocycles. The number of nitrogens with zero attached hydrogens (tertiary/aromatic N) is 2. The third-order valence-corrected chi connectivity index (χ3v) is 2.73. The quantitative estimate of drug-likeness (QED) is 0.918. The molecule has 4 nitrogen and oxygen atoms in total. The predicted octanol–water partition coefficient (Wildman–Crippen LogP) is 2.54. The van der Waals surface area contributed by atoms with Crippen LogP contribution in [0, 0.1) is 0 Å². The largest absolute Gasteiger partial charge is 0.421 e. The Labute approximate surface area is 102 Å². The molecule has 0 aliphatic rings. The van der Waals surface area contributed by atoms with Crippen molar-refractivity contribution in [3.63, 3.8) is 0 Å². The molecule has 0 unspecified atom stereocenters. The number of hydrogen-bond donors (Lipinski definition) is 1. The van der Waals surface area contributed by atoms with E-state index in [1.807, 2.05) is 0 Å². The van der Waals surface area contributed by atoms with Gasteiger partial charge in [-0.1, -0.05) is 23.2 Å². The van der Waals surface area contributed by atoms with E-state index in [4.69, 9.17) is 33.4 Å². The van der Waals surface area contributed by atoms with Crippen LogP contribution in [0.3, 0.4) is 0 Å². The summed E-state index contributed by atoms with van der Waals surface area (Å²) in [5.41, 5.74) is 6.13. The average molecular weight is 258 g/mol. The van der Waals surface area contributed by atoms with Crippen LogP contribution in [0.4, 0.5) is 0 Å². The highest BCUT2D eigenvalue weighted by atomic mass is 35.5. The zero-order chi connectivity index (χ0) is 11.5. The second kappa shape index (κ2) is 4.82. The van der Waals surface area contributed by atoms with E-state index < -0.39 is 0 Å². The summed E-state index contributed by atoms with van der Waals surface area (Å²) in [7, 11) is 0. The summed E-state index contributed by atoms with van der Waals surface area (Å²) in [6, 6.07) is 5.14. The Bertz CT molecular complexity index is 499. The molecule has 0 amide bonds. The zero-order valence-corrected chi connectivity index (χ0v) is 9.79. The number of nitrogens with two attached hydrogens (primary N) is 1. The maximum Gasteiger partial charge on any atom is 0.247 e. The third-order valence-electron chi connectivity index (χ3n) is 1.99. The second-order valence-corrected chi connectivity index (χ2v) is 3.98. The minimum Gasteiger partial charge on any atom is -0.421 e. The van der Waals surface area contributed by atoms with Crippen molar-refractivity contribution in [3.05, 3.63) is 34.1 Å². The van der Waals surface area contributed by atoms with E-state index in [0.717, 1.165) is 5.56 Å². The van der Waals surface area contributed by atoms with Crippen LogP contribution in [0.15, 0.2) is 22.6 Å². The van der Waals surface area contributed by atoms with Crippen molar-refractivity contribution in [3.8, 4) is 11.5 Å². The van der Waals surface area contributed by atoms with Gasteiger partial charge in [0.15, 0.2) is 0 Å². The summed E-state index contributed by atoms with van der Waals surface area (Å²) in [5.74, 6) is 0.936. The molecular formula is C10H9Cl2N3O. The van der Waals surface area contributed by atoms with Gasteiger partial charge in [0.25, 0.3) is 0 Å². The molecule has 0 saturated heterocycles. The van der Waals surface area contributed by atoms with E-state index in [9.17, 15) is 0 Å². The van der Waals surface area contributed by atoms with Gasteiger partial charge in [-0.3, -0.25) is 0 Å². The molecule has 0 aliphatic heterocycles. The summed E-state index contributed by atoms with van der Waals surface area (Å²) in [6.45, 7) is 0.475. The lowest BCUT2D eigenvalue weighted by Crippen LogP contribution is -2.02. The molecule has 1 aromatic carbocycles. The first-order valence-electron chi connectivity index (χ1n) is 4.68. The first-order chi connectivity index (χ1) is 7.70. The van der Waals surface area contributed by atoms with Gasteiger partial charge in [-0.15, -0.1) is 10.2 Å². The van der Waals surface area contributed by atoms with Crippen molar-refractivity contribution in [1.82, 2.24) is 10.2 Å². The molecule has 6 heteroatoms. The molecule has 2 rings (SSSR count). The molecule has 0 fully saturated rings. The Hall–Kier alpha value is -1.10. The minimum absolute atomic E-state index is 0.419. The first-order valence-corrected chi connectivity index (χ1v) is 5.44. The molecule has 0 aliphatic carbocycles. The molecule has 84 valence electrons. The highest BCUT2D eigenvalue weighted by Gasteiger charge is 2.09. The topological polar surface area (TPSA) is 64.9 Å². The third kappa shape index (κ3) is 2.35. The van der Waals surface area contributed by atoms with Gasteiger partial charge >= 0.3 is 0 Å². The maximum atomic E-state index is 5.89. The average Bonchev–Trinajstić information content (AvgIpc) is 2.71. The fourth-order valence-electron chi connectivity index (χ4n) is 1.22. The highest BCUT2D eigenvalue weighted by molar-refractivity contribution is 6.42. The smallest absolute Gasteiger partial charge is 0.247 e. The normalized spacial score (nSPS) is 10.7. The molecule has 0 radical (unpaired) electrons. The summed E-state index contributed by atoms with van der Waals surface area (Å²) in [4.78, 5) is 0. The van der Waals surface area contributed by atoms with E-state index in [-0.39, 0.29) is 0 Å².